The zero-order chi connectivity index (χ0) is 24.3. The number of para-hydroxylation sites is 2. The van der Waals surface area contributed by atoms with Gasteiger partial charge in [0.1, 0.15) is 22.2 Å². The first kappa shape index (κ1) is 23.9. The van der Waals surface area contributed by atoms with Crippen molar-refractivity contribution >= 4 is 38.9 Å². The first-order chi connectivity index (χ1) is 16.3. The van der Waals surface area contributed by atoms with Crippen molar-refractivity contribution in [2.75, 3.05) is 55.4 Å². The van der Waals surface area contributed by atoms with Crippen LogP contribution in [0.5, 0.6) is 11.5 Å². The van der Waals surface area contributed by atoms with Gasteiger partial charge < -0.3 is 25.0 Å². The van der Waals surface area contributed by atoms with E-state index in [4.69, 9.17) is 26.8 Å². The molecular formula is C23H26ClN5O4S. The number of ether oxygens (including phenoxy) is 2. The van der Waals surface area contributed by atoms with Crippen LogP contribution in [-0.2, 0) is 9.84 Å². The molecule has 1 fully saturated rings. The summed E-state index contributed by atoms with van der Waals surface area (Å²) in [7, 11) is -2.49. The molecule has 1 aromatic heterocycles. The topological polar surface area (TPSA) is 111 Å². The molecule has 1 aliphatic heterocycles. The van der Waals surface area contributed by atoms with Gasteiger partial charge in [0.15, 0.2) is 0 Å². The van der Waals surface area contributed by atoms with Gasteiger partial charge in [0.05, 0.1) is 35.5 Å². The lowest BCUT2D eigenvalue weighted by atomic mass is 10.2. The highest BCUT2D eigenvalue weighted by atomic mass is 35.5. The summed E-state index contributed by atoms with van der Waals surface area (Å²) in [5.41, 5.74) is 7.12. The number of aromatic nitrogens is 2. The van der Waals surface area contributed by atoms with E-state index in [1.165, 1.54) is 31.5 Å². The van der Waals surface area contributed by atoms with E-state index in [2.05, 4.69) is 14.9 Å². The molecule has 180 valence electrons. The van der Waals surface area contributed by atoms with Gasteiger partial charge in [-0.2, -0.15) is 4.98 Å². The van der Waals surface area contributed by atoms with Crippen molar-refractivity contribution < 1.29 is 17.9 Å². The Morgan fingerprint density at radius 3 is 2.41 bits per heavy atom. The third kappa shape index (κ3) is 4.69. The van der Waals surface area contributed by atoms with Crippen LogP contribution >= 0.6 is 11.6 Å². The Kier molecular flexibility index (Phi) is 6.99. The molecule has 2 N–H and O–H groups in total. The van der Waals surface area contributed by atoms with E-state index in [1.807, 2.05) is 36.1 Å². The standard InChI is InChI=1S/C23H26ClN5O4S/c1-3-33-20-7-5-4-6-18(20)28-10-12-29(13-11-28)23-26-15-21(22(25)27-23)34(30,31)16-8-9-19(32-2)17(24)14-16/h4-9,14-15H,3,10-13H2,1-2H3,(H2,25,26,27). The van der Waals surface area contributed by atoms with E-state index >= 15 is 0 Å². The maximum Gasteiger partial charge on any atom is 0.227 e. The lowest BCUT2D eigenvalue weighted by Crippen LogP contribution is -2.47. The fourth-order valence-electron chi connectivity index (χ4n) is 3.82. The average Bonchev–Trinajstić information content (AvgIpc) is 2.84. The van der Waals surface area contributed by atoms with E-state index in [1.54, 1.807) is 0 Å². The Bertz CT molecular complexity index is 1280. The number of nitrogen functional groups attached to an aromatic ring is 1. The van der Waals surface area contributed by atoms with Crippen molar-refractivity contribution in [2.45, 2.75) is 16.7 Å². The monoisotopic (exact) mass is 503 g/mol. The SMILES string of the molecule is CCOc1ccccc1N1CCN(c2ncc(S(=O)(=O)c3ccc(OC)c(Cl)c3)c(N)n2)CC1. The quantitative estimate of drug-likeness (QED) is 0.519. The maximum atomic E-state index is 13.1. The van der Waals surface area contributed by atoms with Gasteiger partial charge in [-0.15, -0.1) is 0 Å². The highest BCUT2D eigenvalue weighted by Gasteiger charge is 2.26. The molecular weight excluding hydrogens is 478 g/mol. The number of halogens is 1. The molecule has 2 aromatic carbocycles. The number of hydrogen-bond donors (Lipinski definition) is 1. The number of methoxy groups -OCH3 is 1. The van der Waals surface area contributed by atoms with Crippen LogP contribution in [0.3, 0.4) is 0 Å². The molecule has 1 aliphatic rings. The Labute approximate surface area is 204 Å². The fraction of sp³-hybridized carbons (Fsp3) is 0.304. The van der Waals surface area contributed by atoms with E-state index < -0.39 is 9.84 Å². The molecule has 3 aromatic rings. The van der Waals surface area contributed by atoms with Crippen LogP contribution in [0.4, 0.5) is 17.5 Å². The molecule has 2 heterocycles. The molecule has 1 saturated heterocycles. The summed E-state index contributed by atoms with van der Waals surface area (Å²) < 4.78 is 37.0. The van der Waals surface area contributed by atoms with Crippen LogP contribution in [-0.4, -0.2) is 58.3 Å². The van der Waals surface area contributed by atoms with Gasteiger partial charge in [-0.3, -0.25) is 0 Å². The predicted octanol–water partition coefficient (Wildman–Crippen LogP) is 3.28. The van der Waals surface area contributed by atoms with Gasteiger partial charge in [-0.25, -0.2) is 13.4 Å². The van der Waals surface area contributed by atoms with Crippen molar-refractivity contribution in [3.8, 4) is 11.5 Å². The number of nitrogens with zero attached hydrogens (tertiary/aromatic N) is 4. The molecule has 9 nitrogen and oxygen atoms in total. The van der Waals surface area contributed by atoms with Crippen molar-refractivity contribution in [2.24, 2.45) is 0 Å². The number of anilines is 3. The zero-order valence-corrected chi connectivity index (χ0v) is 20.5. The molecule has 0 saturated carbocycles. The molecule has 0 unspecified atom stereocenters. The van der Waals surface area contributed by atoms with Crippen LogP contribution in [0.1, 0.15) is 6.92 Å². The summed E-state index contributed by atoms with van der Waals surface area (Å²) in [6, 6.07) is 12.2. The molecule has 0 aliphatic carbocycles. The minimum absolute atomic E-state index is 0.0112. The normalized spacial score (nSPS) is 14.2. The van der Waals surface area contributed by atoms with Crippen LogP contribution in [0.25, 0.3) is 0 Å². The predicted molar refractivity (Wildman–Crippen MR) is 132 cm³/mol. The summed E-state index contributed by atoms with van der Waals surface area (Å²) in [4.78, 5) is 12.7. The number of hydrogen-bond acceptors (Lipinski definition) is 9. The van der Waals surface area contributed by atoms with Crippen molar-refractivity contribution in [1.82, 2.24) is 9.97 Å². The van der Waals surface area contributed by atoms with Gasteiger partial charge in [0.2, 0.25) is 15.8 Å². The summed E-state index contributed by atoms with van der Waals surface area (Å²) in [5.74, 6) is 1.51. The number of piperazine rings is 1. The van der Waals surface area contributed by atoms with Gasteiger partial charge in [0, 0.05) is 26.2 Å². The zero-order valence-electron chi connectivity index (χ0n) is 18.9. The fourth-order valence-corrected chi connectivity index (χ4v) is 5.43. The van der Waals surface area contributed by atoms with Crippen molar-refractivity contribution in [3.05, 3.63) is 53.7 Å². The van der Waals surface area contributed by atoms with Crippen molar-refractivity contribution in [1.29, 1.82) is 0 Å². The van der Waals surface area contributed by atoms with Gasteiger partial charge in [0.25, 0.3) is 0 Å². The van der Waals surface area contributed by atoms with Crippen LogP contribution < -0.4 is 25.0 Å². The second kappa shape index (κ2) is 9.94. The van der Waals surface area contributed by atoms with Gasteiger partial charge in [-0.1, -0.05) is 23.7 Å². The highest BCUT2D eigenvalue weighted by Crippen LogP contribution is 2.32. The average molecular weight is 504 g/mol. The third-order valence-corrected chi connectivity index (χ3v) is 7.63. The van der Waals surface area contributed by atoms with Crippen LogP contribution in [0, 0.1) is 0 Å². The number of rotatable bonds is 7. The first-order valence-corrected chi connectivity index (χ1v) is 12.6. The van der Waals surface area contributed by atoms with Gasteiger partial charge in [-0.05, 0) is 37.3 Å². The second-order valence-corrected chi connectivity index (χ2v) is 9.92. The lowest BCUT2D eigenvalue weighted by molar-refractivity contribution is 0.340. The molecule has 34 heavy (non-hydrogen) atoms. The van der Waals surface area contributed by atoms with E-state index in [-0.39, 0.29) is 20.6 Å². The summed E-state index contributed by atoms with van der Waals surface area (Å²) in [6.45, 7) is 5.33. The minimum atomic E-state index is -3.95. The van der Waals surface area contributed by atoms with E-state index in [0.29, 0.717) is 31.4 Å². The Balaban J connectivity index is 1.51. The number of sulfone groups is 1. The number of benzene rings is 2. The molecule has 0 radical (unpaired) electrons. The Hall–Kier alpha value is -3.24. The second-order valence-electron chi connectivity index (χ2n) is 7.59. The van der Waals surface area contributed by atoms with E-state index in [9.17, 15) is 8.42 Å². The maximum absolute atomic E-state index is 13.1. The van der Waals surface area contributed by atoms with E-state index in [0.717, 1.165) is 24.5 Å². The molecule has 0 amide bonds. The Morgan fingerprint density at radius 2 is 1.76 bits per heavy atom. The minimum Gasteiger partial charge on any atom is -0.495 e. The smallest absolute Gasteiger partial charge is 0.227 e. The van der Waals surface area contributed by atoms with Crippen LogP contribution in [0.15, 0.2) is 58.5 Å². The van der Waals surface area contributed by atoms with Crippen molar-refractivity contribution in [3.63, 3.8) is 0 Å². The largest absolute Gasteiger partial charge is 0.495 e. The number of nitrogens with two attached hydrogens (primary N) is 1. The molecule has 0 atom stereocenters. The lowest BCUT2D eigenvalue weighted by Gasteiger charge is -2.36. The first-order valence-electron chi connectivity index (χ1n) is 10.8. The summed E-state index contributed by atoms with van der Waals surface area (Å²) in [5, 5.41) is 0.184. The highest BCUT2D eigenvalue weighted by molar-refractivity contribution is 7.91. The Morgan fingerprint density at radius 1 is 1.06 bits per heavy atom. The summed E-state index contributed by atoms with van der Waals surface area (Å²) in [6.07, 6.45) is 1.25. The molecule has 0 bridgehead atoms. The molecule has 11 heteroatoms. The summed E-state index contributed by atoms with van der Waals surface area (Å²) >= 11 is 6.10. The van der Waals surface area contributed by atoms with Crippen LogP contribution in [0.2, 0.25) is 5.02 Å². The van der Waals surface area contributed by atoms with Gasteiger partial charge >= 0.3 is 0 Å². The molecule has 0 spiro atoms. The third-order valence-electron chi connectivity index (χ3n) is 5.56. The molecule has 4 rings (SSSR count).